The normalized spacial score (nSPS) is 14.6. The van der Waals surface area contributed by atoms with Crippen molar-refractivity contribution in [1.29, 1.82) is 0 Å². The van der Waals surface area contributed by atoms with Crippen LogP contribution in [0.2, 0.25) is 0 Å². The molecule has 0 spiro atoms. The SMILES string of the molecule is CC(CCNC(=O)c1ccc(/C(N)=N/O)cc1)S(C)=O. The molecule has 2 unspecified atom stereocenters. The molecule has 0 saturated heterocycles. The Balaban J connectivity index is 2.54. The Morgan fingerprint density at radius 3 is 2.45 bits per heavy atom. The first kappa shape index (κ1) is 16.2. The van der Waals surface area contributed by atoms with Gasteiger partial charge >= 0.3 is 0 Å². The summed E-state index contributed by atoms with van der Waals surface area (Å²) in [4.78, 5) is 11.8. The molecule has 0 aliphatic carbocycles. The van der Waals surface area contributed by atoms with Crippen LogP contribution in [0.15, 0.2) is 29.4 Å². The minimum Gasteiger partial charge on any atom is -0.409 e. The molecular formula is C13H19N3O3S. The highest BCUT2D eigenvalue weighted by Gasteiger charge is 2.09. The van der Waals surface area contributed by atoms with Crippen LogP contribution in [0.5, 0.6) is 0 Å². The number of nitrogens with one attached hydrogen (secondary N) is 1. The lowest BCUT2D eigenvalue weighted by atomic mass is 10.1. The molecular weight excluding hydrogens is 278 g/mol. The number of nitrogens with zero attached hydrogens (tertiary/aromatic N) is 1. The highest BCUT2D eigenvalue weighted by molar-refractivity contribution is 7.84. The molecule has 4 N–H and O–H groups in total. The fraction of sp³-hybridized carbons (Fsp3) is 0.385. The zero-order valence-electron chi connectivity index (χ0n) is 11.5. The van der Waals surface area contributed by atoms with Crippen molar-refractivity contribution in [3.63, 3.8) is 0 Å². The van der Waals surface area contributed by atoms with Gasteiger partial charge in [0.1, 0.15) is 0 Å². The quantitative estimate of drug-likeness (QED) is 0.310. The first-order valence-electron chi connectivity index (χ1n) is 6.14. The largest absolute Gasteiger partial charge is 0.409 e. The molecule has 7 heteroatoms. The third kappa shape index (κ3) is 4.65. The van der Waals surface area contributed by atoms with Crippen molar-refractivity contribution in [2.75, 3.05) is 12.8 Å². The van der Waals surface area contributed by atoms with E-state index >= 15 is 0 Å². The fourth-order valence-corrected chi connectivity index (χ4v) is 1.96. The zero-order chi connectivity index (χ0) is 15.1. The molecule has 0 aliphatic rings. The molecule has 1 aromatic carbocycles. The van der Waals surface area contributed by atoms with Gasteiger partial charge in [-0.05, 0) is 18.6 Å². The van der Waals surface area contributed by atoms with Crippen LogP contribution < -0.4 is 11.1 Å². The molecule has 0 aromatic heterocycles. The predicted octanol–water partition coefficient (Wildman–Crippen LogP) is 0.668. The second kappa shape index (κ2) is 7.64. The Labute approximate surface area is 120 Å². The van der Waals surface area contributed by atoms with Crippen LogP contribution in [0.3, 0.4) is 0 Å². The number of benzene rings is 1. The molecule has 2 atom stereocenters. The summed E-state index contributed by atoms with van der Waals surface area (Å²) in [7, 11) is -0.881. The third-order valence-electron chi connectivity index (χ3n) is 2.95. The molecule has 0 radical (unpaired) electrons. The Morgan fingerprint density at radius 1 is 1.40 bits per heavy atom. The maximum Gasteiger partial charge on any atom is 0.251 e. The van der Waals surface area contributed by atoms with Crippen LogP contribution in [-0.4, -0.2) is 39.2 Å². The van der Waals surface area contributed by atoms with Crippen molar-refractivity contribution in [3.05, 3.63) is 35.4 Å². The van der Waals surface area contributed by atoms with E-state index in [2.05, 4.69) is 10.5 Å². The number of hydrogen-bond acceptors (Lipinski definition) is 4. The molecule has 0 bridgehead atoms. The Hall–Kier alpha value is -1.89. The number of hydrogen-bond donors (Lipinski definition) is 3. The molecule has 0 fully saturated rings. The summed E-state index contributed by atoms with van der Waals surface area (Å²) in [6, 6.07) is 6.41. The fourth-order valence-electron chi connectivity index (χ4n) is 1.51. The van der Waals surface area contributed by atoms with Gasteiger partial charge in [0.25, 0.3) is 5.91 Å². The molecule has 0 saturated carbocycles. The molecule has 110 valence electrons. The average Bonchev–Trinajstić information content (AvgIpc) is 2.46. The first-order valence-corrected chi connectivity index (χ1v) is 7.76. The van der Waals surface area contributed by atoms with E-state index in [1.807, 2.05) is 6.92 Å². The Kier molecular flexibility index (Phi) is 6.17. The summed E-state index contributed by atoms with van der Waals surface area (Å²) < 4.78 is 11.2. The molecule has 6 nitrogen and oxygen atoms in total. The molecule has 1 amide bonds. The predicted molar refractivity (Wildman–Crippen MR) is 79.4 cm³/mol. The van der Waals surface area contributed by atoms with Gasteiger partial charge < -0.3 is 16.3 Å². The van der Waals surface area contributed by atoms with Gasteiger partial charge in [-0.1, -0.05) is 24.2 Å². The summed E-state index contributed by atoms with van der Waals surface area (Å²) in [6.07, 6.45) is 2.31. The van der Waals surface area contributed by atoms with E-state index in [9.17, 15) is 9.00 Å². The summed E-state index contributed by atoms with van der Waals surface area (Å²) in [5.41, 5.74) is 6.46. The second-order valence-corrected chi connectivity index (χ2v) is 6.22. The number of rotatable bonds is 6. The topological polar surface area (TPSA) is 105 Å². The van der Waals surface area contributed by atoms with Gasteiger partial charge in [-0.25, -0.2) is 0 Å². The van der Waals surface area contributed by atoms with Crippen molar-refractivity contribution in [2.24, 2.45) is 10.9 Å². The van der Waals surface area contributed by atoms with E-state index in [-0.39, 0.29) is 17.0 Å². The standard InChI is InChI=1S/C13H19N3O3S/c1-9(20(2)19)7-8-15-13(17)11-5-3-10(4-6-11)12(14)16-18/h3-6,9,18H,7-8H2,1-2H3,(H2,14,16)(H,15,17). The molecule has 0 heterocycles. The monoisotopic (exact) mass is 297 g/mol. The Morgan fingerprint density at radius 2 is 1.95 bits per heavy atom. The van der Waals surface area contributed by atoms with Crippen LogP contribution >= 0.6 is 0 Å². The van der Waals surface area contributed by atoms with Crippen LogP contribution in [0.1, 0.15) is 29.3 Å². The maximum atomic E-state index is 11.8. The molecule has 0 aliphatic heterocycles. The van der Waals surface area contributed by atoms with Gasteiger partial charge in [0, 0.05) is 40.0 Å². The van der Waals surface area contributed by atoms with Gasteiger partial charge in [0.15, 0.2) is 5.84 Å². The van der Waals surface area contributed by atoms with Crippen molar-refractivity contribution >= 4 is 22.5 Å². The van der Waals surface area contributed by atoms with E-state index in [0.717, 1.165) is 0 Å². The second-order valence-electron chi connectivity index (χ2n) is 4.42. The smallest absolute Gasteiger partial charge is 0.251 e. The van der Waals surface area contributed by atoms with E-state index in [1.54, 1.807) is 30.5 Å². The number of amidine groups is 1. The summed E-state index contributed by atoms with van der Waals surface area (Å²) in [5.74, 6) is -0.207. The van der Waals surface area contributed by atoms with E-state index in [4.69, 9.17) is 10.9 Å². The highest BCUT2D eigenvalue weighted by Crippen LogP contribution is 2.05. The van der Waals surface area contributed by atoms with Gasteiger partial charge in [-0.3, -0.25) is 9.00 Å². The zero-order valence-corrected chi connectivity index (χ0v) is 12.3. The third-order valence-corrected chi connectivity index (χ3v) is 4.32. The number of amides is 1. The van der Waals surface area contributed by atoms with Gasteiger partial charge in [0.2, 0.25) is 0 Å². The number of oxime groups is 1. The van der Waals surface area contributed by atoms with Crippen LogP contribution in [0, 0.1) is 0 Å². The van der Waals surface area contributed by atoms with E-state index in [0.29, 0.717) is 24.1 Å². The van der Waals surface area contributed by atoms with E-state index < -0.39 is 10.8 Å². The lowest BCUT2D eigenvalue weighted by Gasteiger charge is -2.09. The minimum atomic E-state index is -0.881. The van der Waals surface area contributed by atoms with Crippen molar-refractivity contribution in [2.45, 2.75) is 18.6 Å². The van der Waals surface area contributed by atoms with Crippen molar-refractivity contribution < 1.29 is 14.2 Å². The summed E-state index contributed by atoms with van der Waals surface area (Å²) in [5, 5.41) is 14.2. The van der Waals surface area contributed by atoms with Crippen molar-refractivity contribution in [3.8, 4) is 0 Å². The number of nitrogens with two attached hydrogens (primary N) is 1. The Bertz CT molecular complexity index is 514. The average molecular weight is 297 g/mol. The molecule has 1 rings (SSSR count). The highest BCUT2D eigenvalue weighted by atomic mass is 32.2. The lowest BCUT2D eigenvalue weighted by molar-refractivity contribution is 0.0953. The number of carbonyl (C=O) groups excluding carboxylic acids is 1. The van der Waals surface area contributed by atoms with Crippen LogP contribution in [0.25, 0.3) is 0 Å². The first-order chi connectivity index (χ1) is 9.45. The van der Waals surface area contributed by atoms with Gasteiger partial charge in [0.05, 0.1) is 0 Å². The lowest BCUT2D eigenvalue weighted by Crippen LogP contribution is -2.27. The maximum absolute atomic E-state index is 11.8. The van der Waals surface area contributed by atoms with Crippen LogP contribution in [-0.2, 0) is 10.8 Å². The summed E-state index contributed by atoms with van der Waals surface area (Å²) >= 11 is 0. The minimum absolute atomic E-state index is 0.00351. The molecule has 20 heavy (non-hydrogen) atoms. The van der Waals surface area contributed by atoms with Crippen molar-refractivity contribution in [1.82, 2.24) is 5.32 Å². The van der Waals surface area contributed by atoms with Crippen LogP contribution in [0.4, 0.5) is 0 Å². The molecule has 1 aromatic rings. The summed E-state index contributed by atoms with van der Waals surface area (Å²) in [6.45, 7) is 2.36. The van der Waals surface area contributed by atoms with Gasteiger partial charge in [-0.15, -0.1) is 0 Å². The van der Waals surface area contributed by atoms with E-state index in [1.165, 1.54) is 0 Å². The number of carbonyl (C=O) groups is 1. The van der Waals surface area contributed by atoms with Gasteiger partial charge in [-0.2, -0.15) is 0 Å².